The molecule has 23 heavy (non-hydrogen) atoms. The SMILES string of the molecule is O=C(NCCc1ccc(Cl)cc1Cl)c1cnc2nccnc2c1. The number of rotatable bonds is 4. The molecule has 3 rings (SSSR count). The lowest BCUT2D eigenvalue weighted by Crippen LogP contribution is -2.25. The van der Waals surface area contributed by atoms with E-state index < -0.39 is 0 Å². The largest absolute Gasteiger partial charge is 0.352 e. The number of pyridine rings is 1. The van der Waals surface area contributed by atoms with E-state index in [4.69, 9.17) is 23.2 Å². The summed E-state index contributed by atoms with van der Waals surface area (Å²) >= 11 is 12.0. The van der Waals surface area contributed by atoms with Crippen LogP contribution in [0, 0.1) is 0 Å². The van der Waals surface area contributed by atoms with Gasteiger partial charge in [-0.15, -0.1) is 0 Å². The van der Waals surface area contributed by atoms with Gasteiger partial charge in [0.15, 0.2) is 5.65 Å². The summed E-state index contributed by atoms with van der Waals surface area (Å²) in [5.41, 5.74) is 2.47. The molecule has 0 spiro atoms. The van der Waals surface area contributed by atoms with Crippen molar-refractivity contribution in [3.63, 3.8) is 0 Å². The molecule has 0 unspecified atom stereocenters. The summed E-state index contributed by atoms with van der Waals surface area (Å²) in [6.07, 6.45) is 5.23. The van der Waals surface area contributed by atoms with Crippen LogP contribution < -0.4 is 5.32 Å². The summed E-state index contributed by atoms with van der Waals surface area (Å²) in [6, 6.07) is 6.98. The molecule has 3 aromatic rings. The van der Waals surface area contributed by atoms with Crippen molar-refractivity contribution >= 4 is 40.3 Å². The molecule has 1 N–H and O–H groups in total. The molecule has 1 amide bonds. The highest BCUT2D eigenvalue weighted by atomic mass is 35.5. The fraction of sp³-hybridized carbons (Fsp3) is 0.125. The standard InChI is InChI=1S/C16H12Cl2N4O/c17-12-2-1-10(13(18)8-12)3-4-21-16(23)11-7-14-15(22-9-11)20-6-5-19-14/h1-2,5-9H,3-4H2,(H,21,23). The summed E-state index contributed by atoms with van der Waals surface area (Å²) < 4.78 is 0. The van der Waals surface area contributed by atoms with E-state index in [0.29, 0.717) is 39.7 Å². The summed E-state index contributed by atoms with van der Waals surface area (Å²) in [6.45, 7) is 0.457. The number of nitrogens with zero attached hydrogens (tertiary/aromatic N) is 3. The monoisotopic (exact) mass is 346 g/mol. The van der Waals surface area contributed by atoms with Gasteiger partial charge in [0.1, 0.15) is 5.52 Å². The third-order valence-electron chi connectivity index (χ3n) is 3.28. The number of amides is 1. The maximum Gasteiger partial charge on any atom is 0.252 e. The number of hydrogen-bond donors (Lipinski definition) is 1. The quantitative estimate of drug-likeness (QED) is 0.786. The van der Waals surface area contributed by atoms with Crippen molar-refractivity contribution in [2.45, 2.75) is 6.42 Å². The zero-order valence-corrected chi connectivity index (χ0v) is 13.5. The molecule has 2 heterocycles. The van der Waals surface area contributed by atoms with Crippen LogP contribution in [0.5, 0.6) is 0 Å². The lowest BCUT2D eigenvalue weighted by Gasteiger charge is -2.07. The van der Waals surface area contributed by atoms with E-state index in [1.165, 1.54) is 6.20 Å². The van der Waals surface area contributed by atoms with E-state index in [1.807, 2.05) is 6.07 Å². The van der Waals surface area contributed by atoms with Gasteiger partial charge in [-0.1, -0.05) is 29.3 Å². The van der Waals surface area contributed by atoms with E-state index in [1.54, 1.807) is 30.6 Å². The van der Waals surface area contributed by atoms with Gasteiger partial charge in [-0.25, -0.2) is 9.97 Å². The van der Waals surface area contributed by atoms with Crippen molar-refractivity contribution in [2.75, 3.05) is 6.54 Å². The van der Waals surface area contributed by atoms with Gasteiger partial charge in [0.05, 0.1) is 5.56 Å². The first kappa shape index (κ1) is 15.6. The number of hydrogen-bond acceptors (Lipinski definition) is 4. The van der Waals surface area contributed by atoms with Crippen LogP contribution in [0.2, 0.25) is 10.0 Å². The van der Waals surface area contributed by atoms with Crippen molar-refractivity contribution in [3.05, 3.63) is 64.0 Å². The number of carbonyl (C=O) groups excluding carboxylic acids is 1. The first-order valence-corrected chi connectivity index (χ1v) is 7.68. The van der Waals surface area contributed by atoms with Crippen LogP contribution in [-0.4, -0.2) is 27.4 Å². The number of benzene rings is 1. The Morgan fingerprint density at radius 3 is 2.74 bits per heavy atom. The smallest absolute Gasteiger partial charge is 0.252 e. The van der Waals surface area contributed by atoms with E-state index in [0.717, 1.165) is 5.56 Å². The Bertz CT molecular complexity index is 870. The molecule has 0 aliphatic rings. The Hall–Kier alpha value is -2.24. The minimum absolute atomic E-state index is 0.213. The van der Waals surface area contributed by atoms with Crippen molar-refractivity contribution in [3.8, 4) is 0 Å². The van der Waals surface area contributed by atoms with Gasteiger partial charge < -0.3 is 5.32 Å². The lowest BCUT2D eigenvalue weighted by atomic mass is 10.1. The van der Waals surface area contributed by atoms with Crippen LogP contribution in [0.15, 0.2) is 42.9 Å². The number of fused-ring (bicyclic) bond motifs is 1. The maximum atomic E-state index is 12.2. The van der Waals surface area contributed by atoms with E-state index in [9.17, 15) is 4.79 Å². The highest BCUT2D eigenvalue weighted by Crippen LogP contribution is 2.21. The van der Waals surface area contributed by atoms with Crippen molar-refractivity contribution in [1.29, 1.82) is 0 Å². The average molecular weight is 347 g/mol. The Morgan fingerprint density at radius 1 is 1.09 bits per heavy atom. The summed E-state index contributed by atoms with van der Waals surface area (Å²) in [4.78, 5) is 24.5. The Kier molecular flexibility index (Phi) is 4.69. The Balaban J connectivity index is 1.64. The fourth-order valence-electron chi connectivity index (χ4n) is 2.12. The second-order valence-electron chi connectivity index (χ2n) is 4.86. The fourth-order valence-corrected chi connectivity index (χ4v) is 2.62. The van der Waals surface area contributed by atoms with Crippen LogP contribution in [0.3, 0.4) is 0 Å². The number of aromatic nitrogens is 3. The molecule has 2 aromatic heterocycles. The Labute approximate surface area is 142 Å². The topological polar surface area (TPSA) is 67.8 Å². The molecular weight excluding hydrogens is 335 g/mol. The zero-order chi connectivity index (χ0) is 16.2. The highest BCUT2D eigenvalue weighted by Gasteiger charge is 2.08. The molecule has 5 nitrogen and oxygen atoms in total. The second-order valence-corrected chi connectivity index (χ2v) is 5.71. The van der Waals surface area contributed by atoms with Crippen LogP contribution in [-0.2, 0) is 6.42 Å². The molecule has 0 atom stereocenters. The van der Waals surface area contributed by atoms with Crippen LogP contribution in [0.1, 0.15) is 15.9 Å². The molecule has 1 aromatic carbocycles. The van der Waals surface area contributed by atoms with Crippen LogP contribution in [0.4, 0.5) is 0 Å². The minimum Gasteiger partial charge on any atom is -0.352 e. The van der Waals surface area contributed by atoms with E-state index in [2.05, 4.69) is 20.3 Å². The van der Waals surface area contributed by atoms with Gasteiger partial charge in [-0.3, -0.25) is 9.78 Å². The zero-order valence-electron chi connectivity index (χ0n) is 12.0. The van der Waals surface area contributed by atoms with Gasteiger partial charge >= 0.3 is 0 Å². The molecule has 0 bridgehead atoms. The lowest BCUT2D eigenvalue weighted by molar-refractivity contribution is 0.0954. The molecule has 0 saturated carbocycles. The van der Waals surface area contributed by atoms with E-state index in [-0.39, 0.29) is 5.91 Å². The minimum atomic E-state index is -0.213. The van der Waals surface area contributed by atoms with Crippen molar-refractivity contribution in [2.24, 2.45) is 0 Å². The van der Waals surface area contributed by atoms with Crippen molar-refractivity contribution < 1.29 is 4.79 Å². The number of nitrogens with one attached hydrogen (secondary N) is 1. The molecule has 116 valence electrons. The van der Waals surface area contributed by atoms with E-state index >= 15 is 0 Å². The molecule has 0 radical (unpaired) electrons. The summed E-state index contributed by atoms with van der Waals surface area (Å²) in [7, 11) is 0. The third kappa shape index (κ3) is 3.75. The predicted molar refractivity (Wildman–Crippen MR) is 89.8 cm³/mol. The van der Waals surface area contributed by atoms with Gasteiger partial charge in [-0.05, 0) is 30.2 Å². The van der Waals surface area contributed by atoms with Gasteiger partial charge in [0.2, 0.25) is 0 Å². The molecule has 0 saturated heterocycles. The predicted octanol–water partition coefficient (Wildman–Crippen LogP) is 3.30. The average Bonchev–Trinajstić information content (AvgIpc) is 2.56. The molecule has 7 heteroatoms. The molecule has 0 aliphatic carbocycles. The summed E-state index contributed by atoms with van der Waals surface area (Å²) in [5.74, 6) is -0.213. The van der Waals surface area contributed by atoms with Gasteiger partial charge in [0, 0.05) is 35.2 Å². The first-order valence-electron chi connectivity index (χ1n) is 6.92. The molecular formula is C16H12Cl2N4O. The maximum absolute atomic E-state index is 12.2. The number of carbonyl (C=O) groups is 1. The van der Waals surface area contributed by atoms with Crippen LogP contribution >= 0.6 is 23.2 Å². The normalized spacial score (nSPS) is 10.7. The summed E-state index contributed by atoms with van der Waals surface area (Å²) in [5, 5.41) is 4.02. The first-order chi connectivity index (χ1) is 11.1. The molecule has 0 aliphatic heterocycles. The second kappa shape index (κ2) is 6.89. The highest BCUT2D eigenvalue weighted by molar-refractivity contribution is 6.35. The molecule has 0 fully saturated rings. The third-order valence-corrected chi connectivity index (χ3v) is 3.87. The number of halogens is 2. The van der Waals surface area contributed by atoms with Gasteiger partial charge in [-0.2, -0.15) is 0 Å². The van der Waals surface area contributed by atoms with Gasteiger partial charge in [0.25, 0.3) is 5.91 Å². The Morgan fingerprint density at radius 2 is 1.91 bits per heavy atom. The van der Waals surface area contributed by atoms with Crippen molar-refractivity contribution in [1.82, 2.24) is 20.3 Å². The van der Waals surface area contributed by atoms with Crippen LogP contribution in [0.25, 0.3) is 11.2 Å².